The van der Waals surface area contributed by atoms with Crippen LogP contribution < -0.4 is 5.32 Å². The molecule has 0 aromatic carbocycles. The van der Waals surface area contributed by atoms with Gasteiger partial charge in [-0.25, -0.2) is 4.79 Å². The molecule has 0 fully saturated rings. The Morgan fingerprint density at radius 3 is 2.62 bits per heavy atom. The molecule has 132 valence electrons. The summed E-state index contributed by atoms with van der Waals surface area (Å²) in [6, 6.07) is 1.67. The minimum Gasteiger partial charge on any atom is -0.462 e. The largest absolute Gasteiger partial charge is 0.462 e. The molecular weight excluding hydrogens is 312 g/mol. The predicted molar refractivity (Wildman–Crippen MR) is 88.6 cm³/mol. The number of nitrogens with zero attached hydrogens (tertiary/aromatic N) is 1. The molecule has 0 bridgehead atoms. The van der Waals surface area contributed by atoms with Crippen LogP contribution in [0.3, 0.4) is 0 Å². The van der Waals surface area contributed by atoms with Crippen LogP contribution >= 0.6 is 0 Å². The van der Waals surface area contributed by atoms with E-state index in [1.807, 2.05) is 0 Å². The van der Waals surface area contributed by atoms with Crippen molar-refractivity contribution >= 4 is 17.8 Å². The first-order chi connectivity index (χ1) is 11.3. The second kappa shape index (κ2) is 8.90. The van der Waals surface area contributed by atoms with Gasteiger partial charge in [0.2, 0.25) is 0 Å². The average molecular weight is 336 g/mol. The van der Waals surface area contributed by atoms with Gasteiger partial charge in [-0.15, -0.1) is 6.58 Å². The summed E-state index contributed by atoms with van der Waals surface area (Å²) in [6.07, 6.45) is 0.633. The first-order valence-corrected chi connectivity index (χ1v) is 7.73. The first kappa shape index (κ1) is 19.5. The maximum atomic E-state index is 12.1. The van der Waals surface area contributed by atoms with E-state index in [1.54, 1.807) is 31.4 Å². The molecule has 1 N–H and O–H groups in total. The Morgan fingerprint density at radius 2 is 2.04 bits per heavy atom. The lowest BCUT2D eigenvalue weighted by Crippen LogP contribution is -2.36. The standard InChI is InChI=1S/C17H24N2O5/c1-6-8-18-16(21)13(5)24-15(20)10-19-11(3)9-14(12(19)4)17(22)23-7-2/h6,9,13H,1,7-8,10H2,2-5H3,(H,18,21). The van der Waals surface area contributed by atoms with Crippen molar-refractivity contribution in [2.45, 2.75) is 40.3 Å². The summed E-state index contributed by atoms with van der Waals surface area (Å²) < 4.78 is 11.8. The van der Waals surface area contributed by atoms with Crippen molar-refractivity contribution in [1.29, 1.82) is 0 Å². The van der Waals surface area contributed by atoms with Crippen molar-refractivity contribution in [3.63, 3.8) is 0 Å². The van der Waals surface area contributed by atoms with Gasteiger partial charge in [0, 0.05) is 17.9 Å². The van der Waals surface area contributed by atoms with Gasteiger partial charge in [0.1, 0.15) is 6.54 Å². The Morgan fingerprint density at radius 1 is 1.38 bits per heavy atom. The second-order valence-electron chi connectivity index (χ2n) is 5.26. The van der Waals surface area contributed by atoms with Crippen molar-refractivity contribution in [3.8, 4) is 0 Å². The monoisotopic (exact) mass is 336 g/mol. The normalized spacial score (nSPS) is 11.5. The minimum atomic E-state index is -0.904. The molecule has 1 rings (SSSR count). The van der Waals surface area contributed by atoms with Crippen LogP contribution in [-0.2, 0) is 25.6 Å². The molecule has 0 aliphatic carbocycles. The van der Waals surface area contributed by atoms with Crippen LogP contribution in [0.2, 0.25) is 0 Å². The zero-order chi connectivity index (χ0) is 18.3. The maximum absolute atomic E-state index is 12.1. The predicted octanol–water partition coefficient (Wildman–Crippen LogP) is 1.52. The molecule has 7 nitrogen and oxygen atoms in total. The fourth-order valence-corrected chi connectivity index (χ4v) is 2.19. The number of hydrogen-bond acceptors (Lipinski definition) is 5. The van der Waals surface area contributed by atoms with Crippen molar-refractivity contribution in [2.24, 2.45) is 0 Å². The Labute approximate surface area is 141 Å². The molecule has 0 saturated carbocycles. The van der Waals surface area contributed by atoms with Gasteiger partial charge in [0.15, 0.2) is 6.10 Å². The number of amides is 1. The van der Waals surface area contributed by atoms with E-state index >= 15 is 0 Å². The van der Waals surface area contributed by atoms with Gasteiger partial charge in [0.25, 0.3) is 5.91 Å². The summed E-state index contributed by atoms with van der Waals surface area (Å²) in [5.74, 6) is -1.38. The Bertz CT molecular complexity index is 633. The van der Waals surface area contributed by atoms with Crippen molar-refractivity contribution in [2.75, 3.05) is 13.2 Å². The van der Waals surface area contributed by atoms with Crippen molar-refractivity contribution in [1.82, 2.24) is 9.88 Å². The van der Waals surface area contributed by atoms with E-state index in [4.69, 9.17) is 9.47 Å². The smallest absolute Gasteiger partial charge is 0.339 e. The number of rotatable bonds is 8. The van der Waals surface area contributed by atoms with Crippen LogP contribution in [0.25, 0.3) is 0 Å². The molecule has 0 radical (unpaired) electrons. The number of aromatic nitrogens is 1. The highest BCUT2D eigenvalue weighted by Gasteiger charge is 2.21. The Hall–Kier alpha value is -2.57. The molecule has 1 atom stereocenters. The summed E-state index contributed by atoms with van der Waals surface area (Å²) in [6.45, 7) is 10.7. The SMILES string of the molecule is C=CCNC(=O)C(C)OC(=O)Cn1c(C)cc(C(=O)OCC)c1C. The summed E-state index contributed by atoms with van der Waals surface area (Å²) in [5, 5.41) is 2.55. The van der Waals surface area contributed by atoms with Gasteiger partial charge in [-0.2, -0.15) is 0 Å². The van der Waals surface area contributed by atoms with E-state index in [0.29, 0.717) is 17.8 Å². The number of ether oxygens (including phenoxy) is 2. The highest BCUT2D eigenvalue weighted by atomic mass is 16.5. The van der Waals surface area contributed by atoms with E-state index < -0.39 is 23.9 Å². The lowest BCUT2D eigenvalue weighted by Gasteiger charge is -2.14. The van der Waals surface area contributed by atoms with Crippen LogP contribution in [0.1, 0.15) is 35.6 Å². The van der Waals surface area contributed by atoms with Crippen LogP contribution in [0.15, 0.2) is 18.7 Å². The Kier molecular flexibility index (Phi) is 7.23. The molecular formula is C17H24N2O5. The number of hydrogen-bond donors (Lipinski definition) is 1. The number of nitrogens with one attached hydrogen (secondary N) is 1. The van der Waals surface area contributed by atoms with Gasteiger partial charge in [-0.05, 0) is 33.8 Å². The highest BCUT2D eigenvalue weighted by Crippen LogP contribution is 2.16. The molecule has 0 spiro atoms. The van der Waals surface area contributed by atoms with Gasteiger partial charge in [0.05, 0.1) is 12.2 Å². The third-order valence-electron chi connectivity index (χ3n) is 3.45. The molecule has 1 unspecified atom stereocenters. The lowest BCUT2D eigenvalue weighted by molar-refractivity contribution is -0.155. The zero-order valence-electron chi connectivity index (χ0n) is 14.5. The van der Waals surface area contributed by atoms with E-state index in [9.17, 15) is 14.4 Å². The van der Waals surface area contributed by atoms with Crippen LogP contribution in [0.4, 0.5) is 0 Å². The molecule has 7 heteroatoms. The van der Waals surface area contributed by atoms with Crippen molar-refractivity contribution in [3.05, 3.63) is 35.7 Å². The van der Waals surface area contributed by atoms with E-state index in [1.165, 1.54) is 13.0 Å². The van der Waals surface area contributed by atoms with Crippen LogP contribution in [-0.4, -0.2) is 41.7 Å². The fraction of sp³-hybridized carbons (Fsp3) is 0.471. The van der Waals surface area contributed by atoms with Crippen molar-refractivity contribution < 1.29 is 23.9 Å². The molecule has 1 heterocycles. The quantitative estimate of drug-likeness (QED) is 0.574. The van der Waals surface area contributed by atoms with Crippen LogP contribution in [0, 0.1) is 13.8 Å². The first-order valence-electron chi connectivity index (χ1n) is 7.73. The molecule has 1 aromatic rings. The van der Waals surface area contributed by atoms with Gasteiger partial charge in [-0.1, -0.05) is 6.08 Å². The molecule has 0 aliphatic heterocycles. The van der Waals surface area contributed by atoms with E-state index in [2.05, 4.69) is 11.9 Å². The summed E-state index contributed by atoms with van der Waals surface area (Å²) in [5.41, 5.74) is 1.77. The third kappa shape index (κ3) is 4.97. The average Bonchev–Trinajstić information content (AvgIpc) is 2.80. The number of carbonyl (C=O) groups is 3. The zero-order valence-corrected chi connectivity index (χ0v) is 14.5. The maximum Gasteiger partial charge on any atom is 0.339 e. The summed E-state index contributed by atoms with van der Waals surface area (Å²) in [4.78, 5) is 35.6. The Balaban J connectivity index is 2.75. The molecule has 1 amide bonds. The second-order valence-corrected chi connectivity index (χ2v) is 5.26. The topological polar surface area (TPSA) is 86.6 Å². The van der Waals surface area contributed by atoms with Gasteiger partial charge in [-0.3, -0.25) is 9.59 Å². The van der Waals surface area contributed by atoms with E-state index in [0.717, 1.165) is 5.69 Å². The van der Waals surface area contributed by atoms with E-state index in [-0.39, 0.29) is 13.2 Å². The molecule has 0 aliphatic rings. The summed E-state index contributed by atoms with van der Waals surface area (Å²) >= 11 is 0. The number of aryl methyl sites for hydroxylation is 1. The fourth-order valence-electron chi connectivity index (χ4n) is 2.19. The number of carbonyl (C=O) groups excluding carboxylic acids is 3. The lowest BCUT2D eigenvalue weighted by atomic mass is 10.2. The third-order valence-corrected chi connectivity index (χ3v) is 3.45. The van der Waals surface area contributed by atoms with Gasteiger partial charge >= 0.3 is 11.9 Å². The molecule has 1 aromatic heterocycles. The molecule has 24 heavy (non-hydrogen) atoms. The highest BCUT2D eigenvalue weighted by molar-refractivity contribution is 5.91. The van der Waals surface area contributed by atoms with Gasteiger partial charge < -0.3 is 19.4 Å². The number of esters is 2. The minimum absolute atomic E-state index is 0.0872. The summed E-state index contributed by atoms with van der Waals surface area (Å²) in [7, 11) is 0. The van der Waals surface area contributed by atoms with Crippen LogP contribution in [0.5, 0.6) is 0 Å². The molecule has 0 saturated heterocycles.